The van der Waals surface area contributed by atoms with Crippen molar-refractivity contribution in [3.63, 3.8) is 0 Å². The molecule has 0 heterocycles. The standard InChI is InChI=1S/C14H18F5NO3Si/c1-6(2)24(22,7(3)4)5-20-14(21)23-13-11(18)9(16)8(15)10(17)12(13)19/h6-7,22H,5H2,1-4H3,(H,20,21). The zero-order chi connectivity index (χ0) is 18.8. The van der Waals surface area contributed by atoms with E-state index >= 15 is 0 Å². The second-order valence-electron chi connectivity index (χ2n) is 5.94. The predicted molar refractivity (Wildman–Crippen MR) is 78.4 cm³/mol. The van der Waals surface area contributed by atoms with Gasteiger partial charge in [-0.3, -0.25) is 0 Å². The van der Waals surface area contributed by atoms with Crippen LogP contribution >= 0.6 is 0 Å². The summed E-state index contributed by atoms with van der Waals surface area (Å²) in [6, 6.07) is 0. The SMILES string of the molecule is CC(C)[Si](O)(CNC(=O)Oc1c(F)c(F)c(F)c(F)c1F)C(C)C. The maximum Gasteiger partial charge on any atom is 0.412 e. The van der Waals surface area contributed by atoms with Gasteiger partial charge in [0.15, 0.2) is 0 Å². The fraction of sp³-hybridized carbons (Fsp3) is 0.500. The molecule has 2 N–H and O–H groups in total. The molecule has 136 valence electrons. The van der Waals surface area contributed by atoms with Gasteiger partial charge in [-0.2, -0.15) is 8.78 Å². The molecule has 0 atom stereocenters. The first kappa shape index (κ1) is 20.4. The number of rotatable bonds is 5. The zero-order valence-electron chi connectivity index (χ0n) is 13.5. The summed E-state index contributed by atoms with van der Waals surface area (Å²) >= 11 is 0. The van der Waals surface area contributed by atoms with Gasteiger partial charge in [-0.05, 0) is 11.1 Å². The highest BCUT2D eigenvalue weighted by Crippen LogP contribution is 2.30. The van der Waals surface area contributed by atoms with Gasteiger partial charge in [-0.15, -0.1) is 0 Å². The van der Waals surface area contributed by atoms with E-state index < -0.39 is 49.2 Å². The van der Waals surface area contributed by atoms with E-state index in [2.05, 4.69) is 10.1 Å². The molecule has 0 bridgehead atoms. The summed E-state index contributed by atoms with van der Waals surface area (Å²) in [7, 11) is -2.95. The first-order valence-corrected chi connectivity index (χ1v) is 9.43. The van der Waals surface area contributed by atoms with Gasteiger partial charge in [0.2, 0.25) is 43.2 Å². The van der Waals surface area contributed by atoms with E-state index in [1.54, 1.807) is 27.7 Å². The largest absolute Gasteiger partial charge is 0.429 e. The molecule has 10 heteroatoms. The van der Waals surface area contributed by atoms with E-state index in [0.29, 0.717) is 0 Å². The molecule has 0 spiro atoms. The van der Waals surface area contributed by atoms with Crippen LogP contribution in [0.1, 0.15) is 27.7 Å². The molecule has 0 radical (unpaired) electrons. The fourth-order valence-corrected chi connectivity index (χ4v) is 4.67. The molecule has 0 aliphatic rings. The Balaban J connectivity index is 2.95. The van der Waals surface area contributed by atoms with Crippen molar-refractivity contribution < 1.29 is 36.3 Å². The van der Waals surface area contributed by atoms with Crippen LogP contribution in [-0.4, -0.2) is 25.4 Å². The Kier molecular flexibility index (Phi) is 6.34. The van der Waals surface area contributed by atoms with Gasteiger partial charge in [0, 0.05) is 6.17 Å². The summed E-state index contributed by atoms with van der Waals surface area (Å²) in [5.74, 6) is -13.0. The van der Waals surface area contributed by atoms with E-state index in [9.17, 15) is 31.5 Å². The van der Waals surface area contributed by atoms with E-state index in [4.69, 9.17) is 0 Å². The highest BCUT2D eigenvalue weighted by molar-refractivity contribution is 6.75. The Morgan fingerprint density at radius 1 is 0.958 bits per heavy atom. The summed E-state index contributed by atoms with van der Waals surface area (Å²) in [6.45, 7) is 7.01. The predicted octanol–water partition coefficient (Wildman–Crippen LogP) is 3.77. The van der Waals surface area contributed by atoms with Crippen molar-refractivity contribution in [3.8, 4) is 5.75 Å². The third-order valence-corrected chi connectivity index (χ3v) is 8.62. The van der Waals surface area contributed by atoms with Crippen molar-refractivity contribution in [2.24, 2.45) is 0 Å². The van der Waals surface area contributed by atoms with Crippen LogP contribution in [0.15, 0.2) is 0 Å². The van der Waals surface area contributed by atoms with E-state index in [1.807, 2.05) is 0 Å². The van der Waals surface area contributed by atoms with Crippen LogP contribution in [0.4, 0.5) is 26.7 Å². The minimum Gasteiger partial charge on any atom is -0.429 e. The molecule has 1 aromatic rings. The third kappa shape index (κ3) is 3.86. The van der Waals surface area contributed by atoms with E-state index in [-0.39, 0.29) is 17.3 Å². The van der Waals surface area contributed by atoms with Gasteiger partial charge in [0.1, 0.15) is 0 Å². The average molecular weight is 371 g/mol. The van der Waals surface area contributed by atoms with Gasteiger partial charge in [0.05, 0.1) is 0 Å². The van der Waals surface area contributed by atoms with Gasteiger partial charge in [0.25, 0.3) is 0 Å². The van der Waals surface area contributed by atoms with E-state index in [1.165, 1.54) is 0 Å². The quantitative estimate of drug-likeness (QED) is 0.359. The third-order valence-electron chi connectivity index (χ3n) is 3.88. The number of hydrogen-bond donors (Lipinski definition) is 2. The lowest BCUT2D eigenvalue weighted by atomic mass is 10.3. The number of carbonyl (C=O) groups is 1. The maximum atomic E-state index is 13.4. The van der Waals surface area contributed by atoms with Gasteiger partial charge < -0.3 is 14.8 Å². The molecule has 0 aromatic heterocycles. The summed E-state index contributed by atoms with van der Waals surface area (Å²) in [4.78, 5) is 22.2. The molecule has 24 heavy (non-hydrogen) atoms. The highest BCUT2D eigenvalue weighted by Gasteiger charge is 2.39. The first-order valence-electron chi connectivity index (χ1n) is 7.12. The molecule has 1 amide bonds. The van der Waals surface area contributed by atoms with Crippen LogP contribution < -0.4 is 10.1 Å². The Bertz CT molecular complexity index is 602. The lowest BCUT2D eigenvalue weighted by Gasteiger charge is -2.33. The zero-order valence-corrected chi connectivity index (χ0v) is 14.5. The minimum absolute atomic E-state index is 0.146. The number of amides is 1. The summed E-state index contributed by atoms with van der Waals surface area (Å²) in [6.07, 6.45) is -1.62. The average Bonchev–Trinajstić information content (AvgIpc) is 2.52. The van der Waals surface area contributed by atoms with Gasteiger partial charge in [-0.1, -0.05) is 27.7 Å². The van der Waals surface area contributed by atoms with Crippen LogP contribution in [-0.2, 0) is 0 Å². The number of nitrogens with one attached hydrogen (secondary N) is 1. The molecule has 0 aliphatic carbocycles. The molecule has 0 aliphatic heterocycles. The van der Waals surface area contributed by atoms with Crippen LogP contribution in [0.25, 0.3) is 0 Å². The molecule has 1 rings (SSSR count). The molecule has 4 nitrogen and oxygen atoms in total. The number of hydrogen-bond acceptors (Lipinski definition) is 3. The molecule has 0 unspecified atom stereocenters. The molecule has 0 saturated heterocycles. The Hall–Kier alpha value is -1.68. The lowest BCUT2D eigenvalue weighted by Crippen LogP contribution is -2.52. The maximum absolute atomic E-state index is 13.4. The van der Waals surface area contributed by atoms with E-state index in [0.717, 1.165) is 0 Å². The van der Waals surface area contributed by atoms with Crippen LogP contribution in [0.2, 0.25) is 11.1 Å². The van der Waals surface area contributed by atoms with Crippen molar-refractivity contribution in [2.45, 2.75) is 38.8 Å². The molecule has 0 fully saturated rings. The number of benzene rings is 1. The van der Waals surface area contributed by atoms with Crippen LogP contribution in [0.3, 0.4) is 0 Å². The van der Waals surface area contributed by atoms with Crippen molar-refractivity contribution >= 4 is 14.4 Å². The summed E-state index contributed by atoms with van der Waals surface area (Å²) in [5, 5.41) is 2.12. The highest BCUT2D eigenvalue weighted by atomic mass is 28.4. The molecular weight excluding hydrogens is 353 g/mol. The Morgan fingerprint density at radius 3 is 1.71 bits per heavy atom. The van der Waals surface area contributed by atoms with Gasteiger partial charge in [-0.25, -0.2) is 18.0 Å². The number of ether oxygens (including phenoxy) is 1. The fourth-order valence-electron chi connectivity index (χ4n) is 2.09. The summed E-state index contributed by atoms with van der Waals surface area (Å²) in [5.41, 5.74) is -0.293. The first-order chi connectivity index (χ1) is 10.9. The molecule has 1 aromatic carbocycles. The van der Waals surface area contributed by atoms with Crippen molar-refractivity contribution in [1.82, 2.24) is 5.32 Å². The molecular formula is C14H18F5NO3Si. The van der Waals surface area contributed by atoms with Crippen molar-refractivity contribution in [3.05, 3.63) is 29.1 Å². The monoisotopic (exact) mass is 371 g/mol. The van der Waals surface area contributed by atoms with Gasteiger partial charge >= 0.3 is 6.09 Å². The minimum atomic E-state index is -2.95. The van der Waals surface area contributed by atoms with Crippen molar-refractivity contribution in [2.75, 3.05) is 6.17 Å². The van der Waals surface area contributed by atoms with Crippen molar-refractivity contribution in [1.29, 1.82) is 0 Å². The smallest absolute Gasteiger partial charge is 0.412 e. The van der Waals surface area contributed by atoms with Crippen LogP contribution in [0.5, 0.6) is 5.75 Å². The second-order valence-corrected chi connectivity index (χ2v) is 10.6. The van der Waals surface area contributed by atoms with Crippen LogP contribution in [0, 0.1) is 29.1 Å². The molecule has 0 saturated carbocycles. The second kappa shape index (κ2) is 7.47. The normalized spacial score (nSPS) is 12.0. The number of carbonyl (C=O) groups excluding carboxylic acids is 1. The summed E-state index contributed by atoms with van der Waals surface area (Å²) < 4.78 is 70.0. The Morgan fingerprint density at radius 2 is 1.33 bits per heavy atom. The lowest BCUT2D eigenvalue weighted by molar-refractivity contribution is 0.194. The Labute approximate surface area is 136 Å². The number of halogens is 5. The topological polar surface area (TPSA) is 58.6 Å².